The van der Waals surface area contributed by atoms with Gasteiger partial charge in [-0.1, -0.05) is 25.1 Å². The largest absolute Gasteiger partial charge is 0.480 e. The lowest BCUT2D eigenvalue weighted by Crippen LogP contribution is -2.44. The van der Waals surface area contributed by atoms with E-state index in [0.29, 0.717) is 23.0 Å². The molecule has 7 nitrogen and oxygen atoms in total. The lowest BCUT2D eigenvalue weighted by molar-refractivity contribution is -0.140. The van der Waals surface area contributed by atoms with Crippen molar-refractivity contribution in [2.24, 2.45) is 0 Å². The van der Waals surface area contributed by atoms with Crippen molar-refractivity contribution in [1.29, 1.82) is 0 Å². The van der Waals surface area contributed by atoms with Gasteiger partial charge in [-0.25, -0.2) is 4.79 Å². The summed E-state index contributed by atoms with van der Waals surface area (Å²) in [5, 5.41) is 21.4. The Labute approximate surface area is 145 Å². The maximum absolute atomic E-state index is 12.9. The van der Waals surface area contributed by atoms with Crippen LogP contribution in [0, 0.1) is 0 Å². The van der Waals surface area contributed by atoms with Crippen LogP contribution < -0.4 is 5.32 Å². The minimum atomic E-state index is -1.33. The third-order valence-electron chi connectivity index (χ3n) is 4.59. The summed E-state index contributed by atoms with van der Waals surface area (Å²) in [5.41, 5.74) is 2.89. The number of likely N-dealkylation sites (N-methyl/N-ethyl adjacent to an activating group) is 1. The zero-order valence-corrected chi connectivity index (χ0v) is 14.0. The van der Waals surface area contributed by atoms with Crippen molar-refractivity contribution in [2.75, 3.05) is 19.7 Å². The molecule has 0 saturated heterocycles. The van der Waals surface area contributed by atoms with Gasteiger partial charge < -0.3 is 15.5 Å². The molecule has 3 rings (SSSR count). The van der Waals surface area contributed by atoms with E-state index in [0.717, 1.165) is 30.8 Å². The molecule has 1 atom stereocenters. The van der Waals surface area contributed by atoms with Crippen LogP contribution in [0.1, 0.15) is 28.5 Å². The predicted octanol–water partition coefficient (Wildman–Crippen LogP) is 0.788. The van der Waals surface area contributed by atoms with Gasteiger partial charge in [-0.3, -0.25) is 14.7 Å². The van der Waals surface area contributed by atoms with Crippen molar-refractivity contribution in [3.05, 3.63) is 41.1 Å². The minimum Gasteiger partial charge on any atom is -0.480 e. The zero-order valence-electron chi connectivity index (χ0n) is 14.0. The van der Waals surface area contributed by atoms with E-state index in [4.69, 9.17) is 5.11 Å². The number of hydrogen-bond acceptors (Lipinski definition) is 5. The molecule has 25 heavy (non-hydrogen) atoms. The maximum Gasteiger partial charge on any atom is 0.328 e. The Hall–Kier alpha value is -2.51. The summed E-state index contributed by atoms with van der Waals surface area (Å²) in [7, 11) is 0. The number of carboxylic acids is 1. The van der Waals surface area contributed by atoms with Gasteiger partial charge in [0, 0.05) is 36.2 Å². The fraction of sp³-hybridized carbons (Fsp3) is 0.389. The second-order valence-corrected chi connectivity index (χ2v) is 6.09. The lowest BCUT2D eigenvalue weighted by atomic mass is 9.95. The number of para-hydroxylation sites is 1. The summed E-state index contributed by atoms with van der Waals surface area (Å²) in [5.74, 6) is -1.76. The summed E-state index contributed by atoms with van der Waals surface area (Å²) in [6.45, 7) is 3.74. The number of aliphatic hydroxyl groups is 1. The number of fused-ring (bicyclic) bond motifs is 2. The van der Waals surface area contributed by atoms with Crippen LogP contribution in [0.15, 0.2) is 24.3 Å². The number of carboxylic acid groups (broad SMARTS) is 1. The average Bonchev–Trinajstić information content (AvgIpc) is 2.63. The molecule has 3 N–H and O–H groups in total. The Morgan fingerprint density at radius 2 is 2.12 bits per heavy atom. The Balaban J connectivity index is 2.11. The van der Waals surface area contributed by atoms with Crippen LogP contribution in [-0.2, 0) is 17.8 Å². The monoisotopic (exact) mass is 343 g/mol. The van der Waals surface area contributed by atoms with Crippen LogP contribution in [0.5, 0.6) is 0 Å². The molecule has 7 heteroatoms. The van der Waals surface area contributed by atoms with Crippen molar-refractivity contribution in [3.8, 4) is 0 Å². The van der Waals surface area contributed by atoms with Gasteiger partial charge in [0.15, 0.2) is 6.04 Å². The van der Waals surface area contributed by atoms with Crippen LogP contribution in [0.25, 0.3) is 10.9 Å². The number of amides is 1. The number of hydrogen-bond donors (Lipinski definition) is 3. The smallest absolute Gasteiger partial charge is 0.328 e. The standard InChI is InChI=1S/C18H21N3O4/c1-2-21-8-7-14-12(9-21)16(11-5-3-4-6-13(11)19-14)17(23)20-15(10-22)18(24)25/h3-6,15,22H,2,7-10H2,1H3,(H,20,23)(H,24,25). The van der Waals surface area contributed by atoms with E-state index in [1.54, 1.807) is 0 Å². The molecule has 1 amide bonds. The Bertz CT molecular complexity index is 821. The number of carbonyl (C=O) groups excluding carboxylic acids is 1. The molecular weight excluding hydrogens is 322 g/mol. The summed E-state index contributed by atoms with van der Waals surface area (Å²) >= 11 is 0. The first-order valence-electron chi connectivity index (χ1n) is 8.32. The molecular formula is C18H21N3O4. The van der Waals surface area contributed by atoms with Gasteiger partial charge >= 0.3 is 5.97 Å². The fourth-order valence-electron chi connectivity index (χ4n) is 3.19. The zero-order chi connectivity index (χ0) is 18.0. The normalized spacial score (nSPS) is 15.6. The molecule has 0 aliphatic carbocycles. The predicted molar refractivity (Wildman–Crippen MR) is 92.4 cm³/mol. The topological polar surface area (TPSA) is 103 Å². The second-order valence-electron chi connectivity index (χ2n) is 6.09. The highest BCUT2D eigenvalue weighted by Crippen LogP contribution is 2.28. The van der Waals surface area contributed by atoms with Crippen LogP contribution in [0.4, 0.5) is 0 Å². The van der Waals surface area contributed by atoms with E-state index < -0.39 is 24.5 Å². The van der Waals surface area contributed by atoms with E-state index >= 15 is 0 Å². The second kappa shape index (κ2) is 7.16. The molecule has 0 saturated carbocycles. The van der Waals surface area contributed by atoms with E-state index in [1.807, 2.05) is 24.3 Å². The van der Waals surface area contributed by atoms with Crippen molar-refractivity contribution < 1.29 is 19.8 Å². The number of pyridine rings is 1. The van der Waals surface area contributed by atoms with Crippen molar-refractivity contribution in [3.63, 3.8) is 0 Å². The molecule has 132 valence electrons. The molecule has 0 spiro atoms. The van der Waals surface area contributed by atoms with Gasteiger partial charge in [0.2, 0.25) is 0 Å². The Kier molecular flexibility index (Phi) is 4.96. The highest BCUT2D eigenvalue weighted by molar-refractivity contribution is 6.08. The molecule has 1 aromatic heterocycles. The molecule has 1 aliphatic heterocycles. The number of carbonyl (C=O) groups is 2. The molecule has 0 radical (unpaired) electrons. The average molecular weight is 343 g/mol. The van der Waals surface area contributed by atoms with Crippen molar-refractivity contribution >= 4 is 22.8 Å². The SMILES string of the molecule is CCN1CCc2nc3ccccc3c(C(=O)NC(CO)C(=O)O)c2C1. The first-order valence-corrected chi connectivity index (χ1v) is 8.32. The lowest BCUT2D eigenvalue weighted by Gasteiger charge is -2.29. The molecule has 2 heterocycles. The van der Waals surface area contributed by atoms with Gasteiger partial charge in [-0.05, 0) is 12.6 Å². The Morgan fingerprint density at radius 1 is 1.36 bits per heavy atom. The van der Waals surface area contributed by atoms with Crippen LogP contribution >= 0.6 is 0 Å². The van der Waals surface area contributed by atoms with Crippen molar-refractivity contribution in [1.82, 2.24) is 15.2 Å². The van der Waals surface area contributed by atoms with Crippen LogP contribution in [0.2, 0.25) is 0 Å². The summed E-state index contributed by atoms with van der Waals surface area (Å²) in [6, 6.07) is 6.02. The summed E-state index contributed by atoms with van der Waals surface area (Å²) in [6.07, 6.45) is 0.747. The maximum atomic E-state index is 12.9. The molecule has 2 aromatic rings. The van der Waals surface area contributed by atoms with Gasteiger partial charge in [0.1, 0.15) is 0 Å². The van der Waals surface area contributed by atoms with Gasteiger partial charge in [0.25, 0.3) is 5.91 Å². The van der Waals surface area contributed by atoms with Gasteiger partial charge in [-0.2, -0.15) is 0 Å². The quantitative estimate of drug-likeness (QED) is 0.742. The van der Waals surface area contributed by atoms with Crippen molar-refractivity contribution in [2.45, 2.75) is 25.9 Å². The highest BCUT2D eigenvalue weighted by atomic mass is 16.4. The molecule has 1 unspecified atom stereocenters. The molecule has 1 aromatic carbocycles. The van der Waals surface area contributed by atoms with Crippen LogP contribution in [-0.4, -0.2) is 57.7 Å². The summed E-state index contributed by atoms with van der Waals surface area (Å²) < 4.78 is 0. The number of benzene rings is 1. The number of aliphatic hydroxyl groups excluding tert-OH is 1. The number of nitrogens with one attached hydrogen (secondary N) is 1. The third-order valence-corrected chi connectivity index (χ3v) is 4.59. The van der Waals surface area contributed by atoms with E-state index in [9.17, 15) is 14.7 Å². The third kappa shape index (κ3) is 3.33. The van der Waals surface area contributed by atoms with Gasteiger partial charge in [0.05, 0.1) is 17.7 Å². The van der Waals surface area contributed by atoms with Crippen LogP contribution in [0.3, 0.4) is 0 Å². The van der Waals surface area contributed by atoms with E-state index in [-0.39, 0.29) is 0 Å². The number of aromatic nitrogens is 1. The molecule has 0 bridgehead atoms. The first-order chi connectivity index (χ1) is 12.0. The fourth-order valence-corrected chi connectivity index (χ4v) is 3.19. The highest BCUT2D eigenvalue weighted by Gasteiger charge is 2.27. The minimum absolute atomic E-state index is 0.457. The molecule has 1 aliphatic rings. The summed E-state index contributed by atoms with van der Waals surface area (Å²) in [4.78, 5) is 30.9. The first kappa shape index (κ1) is 17.3. The number of nitrogens with zero attached hydrogens (tertiary/aromatic N) is 2. The number of rotatable bonds is 5. The van der Waals surface area contributed by atoms with E-state index in [1.165, 1.54) is 0 Å². The molecule has 0 fully saturated rings. The van der Waals surface area contributed by atoms with Gasteiger partial charge in [-0.15, -0.1) is 0 Å². The van der Waals surface area contributed by atoms with E-state index in [2.05, 4.69) is 22.1 Å². The number of aliphatic carboxylic acids is 1. The Morgan fingerprint density at radius 3 is 2.80 bits per heavy atom.